The number of nitrogens with two attached hydrogens (primary N) is 1. The first-order valence-electron chi connectivity index (χ1n) is 5.72. The number of carbonyl (C=O) groups is 1. The van der Waals surface area contributed by atoms with Crippen LogP contribution in [-0.2, 0) is 6.18 Å². The highest BCUT2D eigenvalue weighted by atomic mass is 79.9. The number of hydrogen-bond donors (Lipinski definition) is 1. The third kappa shape index (κ3) is 3.55. The van der Waals surface area contributed by atoms with Gasteiger partial charge in [0.05, 0.1) is 15.6 Å². The van der Waals surface area contributed by atoms with E-state index in [2.05, 4.69) is 15.9 Å². The first-order valence-corrected chi connectivity index (χ1v) is 6.52. The number of benzene rings is 2. The van der Waals surface area contributed by atoms with E-state index < -0.39 is 17.6 Å². The summed E-state index contributed by atoms with van der Waals surface area (Å²) in [6.07, 6.45) is -4.56. The van der Waals surface area contributed by atoms with E-state index in [-0.39, 0.29) is 11.3 Å². The average molecular weight is 360 g/mol. The predicted molar refractivity (Wildman–Crippen MR) is 74.2 cm³/mol. The van der Waals surface area contributed by atoms with Gasteiger partial charge in [-0.15, -0.1) is 0 Å². The molecule has 0 atom stereocenters. The maximum absolute atomic E-state index is 12.7. The number of primary amides is 1. The third-order valence-electron chi connectivity index (χ3n) is 2.63. The van der Waals surface area contributed by atoms with Crippen LogP contribution in [0.4, 0.5) is 13.2 Å². The summed E-state index contributed by atoms with van der Waals surface area (Å²) in [6.45, 7) is 0. The van der Waals surface area contributed by atoms with Gasteiger partial charge in [0.15, 0.2) is 0 Å². The van der Waals surface area contributed by atoms with Crippen molar-refractivity contribution in [3.05, 3.63) is 58.1 Å². The van der Waals surface area contributed by atoms with Gasteiger partial charge in [-0.1, -0.05) is 12.1 Å². The van der Waals surface area contributed by atoms with Crippen LogP contribution < -0.4 is 10.5 Å². The standard InChI is InChI=1S/C14H9BrF3NO2/c15-10-3-1-2-4-12(10)21-11-6-5-8(14(16,17)18)7-9(11)13(19)20/h1-7H,(H2,19,20). The average Bonchev–Trinajstić information content (AvgIpc) is 2.40. The molecule has 0 aromatic heterocycles. The number of hydrogen-bond acceptors (Lipinski definition) is 2. The zero-order chi connectivity index (χ0) is 15.6. The molecule has 0 radical (unpaired) electrons. The quantitative estimate of drug-likeness (QED) is 0.884. The van der Waals surface area contributed by atoms with Gasteiger partial charge >= 0.3 is 6.18 Å². The van der Waals surface area contributed by atoms with Crippen LogP contribution in [0.25, 0.3) is 0 Å². The molecule has 0 heterocycles. The lowest BCUT2D eigenvalue weighted by Crippen LogP contribution is -2.14. The van der Waals surface area contributed by atoms with E-state index in [1.165, 1.54) is 0 Å². The predicted octanol–water partition coefficient (Wildman–Crippen LogP) is 4.36. The molecule has 0 bridgehead atoms. The van der Waals surface area contributed by atoms with E-state index >= 15 is 0 Å². The second kappa shape index (κ2) is 5.77. The van der Waals surface area contributed by atoms with Crippen LogP contribution in [0, 0.1) is 0 Å². The van der Waals surface area contributed by atoms with Gasteiger partial charge in [0.2, 0.25) is 0 Å². The Morgan fingerprint density at radius 1 is 1.10 bits per heavy atom. The van der Waals surface area contributed by atoms with Crippen LogP contribution in [0.5, 0.6) is 11.5 Å². The molecule has 0 aliphatic carbocycles. The molecule has 0 saturated heterocycles. The Bertz CT molecular complexity index is 686. The molecule has 2 N–H and O–H groups in total. The normalized spacial score (nSPS) is 11.2. The highest BCUT2D eigenvalue weighted by Gasteiger charge is 2.31. The van der Waals surface area contributed by atoms with E-state index in [0.29, 0.717) is 16.3 Å². The SMILES string of the molecule is NC(=O)c1cc(C(F)(F)F)ccc1Oc1ccccc1Br. The Kier molecular flexibility index (Phi) is 4.22. The molecule has 3 nitrogen and oxygen atoms in total. The maximum atomic E-state index is 12.7. The summed E-state index contributed by atoms with van der Waals surface area (Å²) in [5.41, 5.74) is 3.83. The lowest BCUT2D eigenvalue weighted by Gasteiger charge is -2.13. The topological polar surface area (TPSA) is 52.3 Å². The molecule has 2 rings (SSSR count). The number of alkyl halides is 3. The van der Waals surface area contributed by atoms with Crippen molar-refractivity contribution in [2.24, 2.45) is 5.73 Å². The molecular formula is C14H9BrF3NO2. The Balaban J connectivity index is 2.45. The lowest BCUT2D eigenvalue weighted by molar-refractivity contribution is -0.137. The molecule has 7 heteroatoms. The summed E-state index contributed by atoms with van der Waals surface area (Å²) in [5, 5.41) is 0. The minimum absolute atomic E-state index is 0.0394. The fourth-order valence-corrected chi connectivity index (χ4v) is 2.00. The summed E-state index contributed by atoms with van der Waals surface area (Å²) >= 11 is 3.24. The van der Waals surface area contributed by atoms with Gasteiger partial charge in [-0.05, 0) is 46.3 Å². The van der Waals surface area contributed by atoms with Crippen LogP contribution in [0.1, 0.15) is 15.9 Å². The Morgan fingerprint density at radius 2 is 1.76 bits per heavy atom. The summed E-state index contributed by atoms with van der Waals surface area (Å²) in [5.74, 6) is -0.676. The Labute approximate surface area is 126 Å². The zero-order valence-electron chi connectivity index (χ0n) is 10.4. The lowest BCUT2D eigenvalue weighted by atomic mass is 10.1. The minimum Gasteiger partial charge on any atom is -0.455 e. The number of ether oxygens (including phenoxy) is 1. The summed E-state index contributed by atoms with van der Waals surface area (Å²) in [7, 11) is 0. The number of rotatable bonds is 3. The molecule has 2 aromatic rings. The van der Waals surface area contributed by atoms with E-state index in [0.717, 1.165) is 12.1 Å². The second-order valence-electron chi connectivity index (χ2n) is 4.11. The fourth-order valence-electron chi connectivity index (χ4n) is 1.63. The first kappa shape index (κ1) is 15.4. The van der Waals surface area contributed by atoms with Crippen molar-refractivity contribution in [3.63, 3.8) is 0 Å². The van der Waals surface area contributed by atoms with E-state index in [1.54, 1.807) is 24.3 Å². The van der Waals surface area contributed by atoms with Crippen molar-refractivity contribution in [1.29, 1.82) is 0 Å². The number of carbonyl (C=O) groups excluding carboxylic acids is 1. The first-order chi connectivity index (χ1) is 9.79. The van der Waals surface area contributed by atoms with Gasteiger partial charge in [-0.25, -0.2) is 0 Å². The zero-order valence-corrected chi connectivity index (χ0v) is 12.0. The van der Waals surface area contributed by atoms with Crippen LogP contribution in [0.15, 0.2) is 46.9 Å². The minimum atomic E-state index is -4.56. The van der Waals surface area contributed by atoms with Gasteiger partial charge in [0.25, 0.3) is 5.91 Å². The molecule has 0 saturated carbocycles. The van der Waals surface area contributed by atoms with Gasteiger partial charge < -0.3 is 10.5 Å². The molecule has 2 aromatic carbocycles. The summed E-state index contributed by atoms with van der Waals surface area (Å²) in [4.78, 5) is 11.3. The highest BCUT2D eigenvalue weighted by Crippen LogP contribution is 2.35. The van der Waals surface area contributed by atoms with Crippen LogP contribution in [0.2, 0.25) is 0 Å². The van der Waals surface area contributed by atoms with E-state index in [1.807, 2.05) is 0 Å². The van der Waals surface area contributed by atoms with Gasteiger partial charge in [-0.2, -0.15) is 13.2 Å². The van der Waals surface area contributed by atoms with Crippen molar-refractivity contribution in [2.75, 3.05) is 0 Å². The summed E-state index contributed by atoms with van der Waals surface area (Å²) < 4.78 is 44.0. The second-order valence-corrected chi connectivity index (χ2v) is 4.96. The number of amides is 1. The molecule has 0 unspecified atom stereocenters. The van der Waals surface area contributed by atoms with Crippen molar-refractivity contribution in [1.82, 2.24) is 0 Å². The fraction of sp³-hybridized carbons (Fsp3) is 0.0714. The number of halogens is 4. The molecule has 0 fully saturated rings. The maximum Gasteiger partial charge on any atom is 0.416 e. The summed E-state index contributed by atoms with van der Waals surface area (Å²) in [6, 6.07) is 9.32. The Morgan fingerprint density at radius 3 is 2.33 bits per heavy atom. The molecular weight excluding hydrogens is 351 g/mol. The monoisotopic (exact) mass is 359 g/mol. The van der Waals surface area contributed by atoms with E-state index in [4.69, 9.17) is 10.5 Å². The van der Waals surface area contributed by atoms with E-state index in [9.17, 15) is 18.0 Å². The smallest absolute Gasteiger partial charge is 0.416 e. The number of para-hydroxylation sites is 1. The van der Waals surface area contributed by atoms with Gasteiger partial charge in [0.1, 0.15) is 11.5 Å². The third-order valence-corrected chi connectivity index (χ3v) is 3.28. The van der Waals surface area contributed by atoms with Crippen molar-refractivity contribution in [2.45, 2.75) is 6.18 Å². The van der Waals surface area contributed by atoms with Crippen LogP contribution >= 0.6 is 15.9 Å². The van der Waals surface area contributed by atoms with Crippen molar-refractivity contribution < 1.29 is 22.7 Å². The van der Waals surface area contributed by atoms with Crippen LogP contribution in [-0.4, -0.2) is 5.91 Å². The molecule has 0 aliphatic heterocycles. The van der Waals surface area contributed by atoms with Gasteiger partial charge in [0, 0.05) is 0 Å². The molecule has 110 valence electrons. The molecule has 21 heavy (non-hydrogen) atoms. The molecule has 0 aliphatic rings. The van der Waals surface area contributed by atoms with Crippen molar-refractivity contribution >= 4 is 21.8 Å². The van der Waals surface area contributed by atoms with Crippen LogP contribution in [0.3, 0.4) is 0 Å². The van der Waals surface area contributed by atoms with Gasteiger partial charge in [-0.3, -0.25) is 4.79 Å². The van der Waals surface area contributed by atoms with Crippen molar-refractivity contribution in [3.8, 4) is 11.5 Å². The highest BCUT2D eigenvalue weighted by molar-refractivity contribution is 9.10. The Hall–Kier alpha value is -2.02. The largest absolute Gasteiger partial charge is 0.455 e. The molecule has 0 spiro atoms. The molecule has 1 amide bonds.